The number of aromatic nitrogens is 2. The number of carboxylic acids is 1. The van der Waals surface area contributed by atoms with E-state index in [0.29, 0.717) is 6.54 Å². The van der Waals surface area contributed by atoms with Crippen molar-refractivity contribution in [1.29, 1.82) is 0 Å². The largest absolute Gasteiger partial charge is 0.477 e. The number of fused-ring (bicyclic) bond motifs is 4. The number of benzene rings is 2. The topological polar surface area (TPSA) is 114 Å². The number of amides is 2. The van der Waals surface area contributed by atoms with Crippen molar-refractivity contribution in [3.05, 3.63) is 84.1 Å². The number of carboxylic acid groups (broad SMARTS) is 1. The number of alkyl carbamates (subject to hydrolysis) is 1. The Morgan fingerprint density at radius 2 is 1.77 bits per heavy atom. The van der Waals surface area contributed by atoms with Crippen LogP contribution in [-0.2, 0) is 16.1 Å². The molecule has 1 aliphatic heterocycles. The number of aromatic carboxylic acids is 1. The summed E-state index contributed by atoms with van der Waals surface area (Å²) in [6.07, 6.45) is 2.19. The highest BCUT2D eigenvalue weighted by molar-refractivity contribution is 6.04. The van der Waals surface area contributed by atoms with Gasteiger partial charge in [-0.3, -0.25) is 9.69 Å². The summed E-state index contributed by atoms with van der Waals surface area (Å²) in [6, 6.07) is 15.1. The van der Waals surface area contributed by atoms with Crippen LogP contribution in [0.25, 0.3) is 11.1 Å². The highest BCUT2D eigenvalue weighted by atomic mass is 16.5. The van der Waals surface area contributed by atoms with Gasteiger partial charge in [0, 0.05) is 12.5 Å². The minimum Gasteiger partial charge on any atom is -0.477 e. The van der Waals surface area contributed by atoms with Gasteiger partial charge in [0.05, 0.1) is 12.7 Å². The third kappa shape index (κ3) is 3.95. The summed E-state index contributed by atoms with van der Waals surface area (Å²) in [6.45, 7) is 4.44. The van der Waals surface area contributed by atoms with Crippen LogP contribution in [0, 0.1) is 0 Å². The van der Waals surface area contributed by atoms with Crippen LogP contribution in [0.4, 0.5) is 10.6 Å². The second kappa shape index (κ2) is 9.09. The Kier molecular flexibility index (Phi) is 5.82. The second-order valence-electron chi connectivity index (χ2n) is 8.45. The Hall–Kier alpha value is -4.40. The fourth-order valence-electron chi connectivity index (χ4n) is 4.85. The molecule has 2 amide bonds. The molecule has 2 aromatic carbocycles. The van der Waals surface area contributed by atoms with E-state index in [9.17, 15) is 19.5 Å². The predicted molar refractivity (Wildman–Crippen MR) is 128 cm³/mol. The lowest BCUT2D eigenvalue weighted by Crippen LogP contribution is -2.48. The molecule has 1 atom stereocenters. The molecule has 0 spiro atoms. The van der Waals surface area contributed by atoms with Gasteiger partial charge in [-0.1, -0.05) is 54.6 Å². The molecule has 178 valence electrons. The Balaban J connectivity index is 1.29. The summed E-state index contributed by atoms with van der Waals surface area (Å²) in [5, 5.41) is 16.1. The number of ether oxygens (including phenoxy) is 1. The Morgan fingerprint density at radius 3 is 2.40 bits per heavy atom. The first kappa shape index (κ1) is 22.4. The third-order valence-corrected chi connectivity index (χ3v) is 6.44. The maximum absolute atomic E-state index is 13.3. The molecule has 1 aliphatic carbocycles. The number of nitrogens with zero attached hydrogens (tertiary/aromatic N) is 3. The lowest BCUT2D eigenvalue weighted by molar-refractivity contribution is -0.120. The molecule has 0 saturated heterocycles. The van der Waals surface area contributed by atoms with Crippen molar-refractivity contribution in [2.24, 2.45) is 0 Å². The van der Waals surface area contributed by atoms with Gasteiger partial charge in [0.1, 0.15) is 24.0 Å². The quantitative estimate of drug-likeness (QED) is 0.510. The van der Waals surface area contributed by atoms with Crippen LogP contribution in [-0.4, -0.2) is 52.1 Å². The van der Waals surface area contributed by atoms with E-state index in [-0.39, 0.29) is 36.9 Å². The zero-order valence-corrected chi connectivity index (χ0v) is 18.9. The smallest absolute Gasteiger partial charge is 0.407 e. The van der Waals surface area contributed by atoms with Crippen molar-refractivity contribution in [1.82, 2.24) is 15.1 Å². The average molecular weight is 473 g/mol. The lowest BCUT2D eigenvalue weighted by Gasteiger charge is -2.23. The molecule has 2 heterocycles. The fourth-order valence-corrected chi connectivity index (χ4v) is 4.85. The molecular weight excluding hydrogens is 448 g/mol. The van der Waals surface area contributed by atoms with Crippen LogP contribution in [0.5, 0.6) is 0 Å². The van der Waals surface area contributed by atoms with Crippen LogP contribution in [0.15, 0.2) is 67.4 Å². The Morgan fingerprint density at radius 1 is 1.11 bits per heavy atom. The summed E-state index contributed by atoms with van der Waals surface area (Å²) < 4.78 is 7.05. The fraction of sp³-hybridized carbons (Fsp3) is 0.231. The first-order chi connectivity index (χ1) is 17.0. The summed E-state index contributed by atoms with van der Waals surface area (Å²) in [5.74, 6) is -1.51. The van der Waals surface area contributed by atoms with E-state index in [0.717, 1.165) is 22.3 Å². The van der Waals surface area contributed by atoms with Crippen molar-refractivity contribution in [2.75, 3.05) is 18.1 Å². The number of carbonyl (C=O) groups excluding carboxylic acids is 2. The van der Waals surface area contributed by atoms with Gasteiger partial charge in [0.15, 0.2) is 0 Å². The van der Waals surface area contributed by atoms with Gasteiger partial charge < -0.3 is 15.2 Å². The van der Waals surface area contributed by atoms with E-state index < -0.39 is 24.0 Å². The average Bonchev–Trinajstić information content (AvgIpc) is 3.54. The highest BCUT2D eigenvalue weighted by Gasteiger charge is 2.36. The number of carbonyl (C=O) groups is 3. The molecule has 0 bridgehead atoms. The van der Waals surface area contributed by atoms with Gasteiger partial charge >= 0.3 is 12.1 Å². The number of hydrogen-bond donors (Lipinski definition) is 2. The minimum absolute atomic E-state index is 0.0608. The van der Waals surface area contributed by atoms with Gasteiger partial charge in [0.25, 0.3) is 5.91 Å². The van der Waals surface area contributed by atoms with Gasteiger partial charge in [0.2, 0.25) is 0 Å². The molecule has 35 heavy (non-hydrogen) atoms. The van der Waals surface area contributed by atoms with E-state index >= 15 is 0 Å². The zero-order chi connectivity index (χ0) is 24.5. The van der Waals surface area contributed by atoms with Crippen molar-refractivity contribution < 1.29 is 24.2 Å². The molecule has 0 fully saturated rings. The molecule has 0 saturated carbocycles. The molecule has 2 aliphatic rings. The van der Waals surface area contributed by atoms with Crippen molar-refractivity contribution in [3.63, 3.8) is 0 Å². The summed E-state index contributed by atoms with van der Waals surface area (Å²) in [5.41, 5.74) is 4.36. The minimum atomic E-state index is -1.17. The lowest BCUT2D eigenvalue weighted by atomic mass is 9.98. The van der Waals surface area contributed by atoms with E-state index in [2.05, 4.69) is 29.1 Å². The second-order valence-corrected chi connectivity index (χ2v) is 8.45. The van der Waals surface area contributed by atoms with E-state index in [1.54, 1.807) is 0 Å². The van der Waals surface area contributed by atoms with Gasteiger partial charge in [-0.05, 0) is 28.7 Å². The standard InChI is InChI=1S/C26H24N4O5/c1-2-7-22(24(31)29-12-13-30-23(29)20(14-27-30)25(32)33)28-26(34)35-15-21-18-10-5-3-8-16(18)17-9-4-6-11-19(17)21/h2-6,8-11,14,21-22H,1,7,12-13,15H2,(H,28,34)(H,32,33). The summed E-state index contributed by atoms with van der Waals surface area (Å²) in [7, 11) is 0. The first-order valence-electron chi connectivity index (χ1n) is 11.3. The third-order valence-electron chi connectivity index (χ3n) is 6.44. The molecular formula is C26H24N4O5. The molecule has 9 nitrogen and oxygen atoms in total. The number of nitrogens with one attached hydrogen (secondary N) is 1. The van der Waals surface area contributed by atoms with Crippen LogP contribution in [0.3, 0.4) is 0 Å². The monoisotopic (exact) mass is 472 g/mol. The van der Waals surface area contributed by atoms with Crippen molar-refractivity contribution in [3.8, 4) is 11.1 Å². The molecule has 1 aromatic heterocycles. The SMILES string of the molecule is C=CCC(NC(=O)OCC1c2ccccc2-c2ccccc21)C(=O)N1CCn2ncc(C(=O)O)c21. The van der Waals surface area contributed by atoms with Gasteiger partial charge in [-0.2, -0.15) is 5.10 Å². The zero-order valence-electron chi connectivity index (χ0n) is 18.9. The van der Waals surface area contributed by atoms with Crippen molar-refractivity contribution >= 4 is 23.8 Å². The maximum Gasteiger partial charge on any atom is 0.407 e. The molecule has 5 rings (SSSR count). The molecule has 1 unspecified atom stereocenters. The Labute approximate surface area is 201 Å². The van der Waals surface area contributed by atoms with Crippen LogP contribution in [0.2, 0.25) is 0 Å². The molecule has 9 heteroatoms. The first-order valence-corrected chi connectivity index (χ1v) is 11.3. The molecule has 0 radical (unpaired) electrons. The van der Waals surface area contributed by atoms with Gasteiger partial charge in [-0.15, -0.1) is 6.58 Å². The molecule has 2 N–H and O–H groups in total. The highest BCUT2D eigenvalue weighted by Crippen LogP contribution is 2.44. The maximum atomic E-state index is 13.3. The van der Waals surface area contributed by atoms with E-state index in [1.807, 2.05) is 36.4 Å². The molecule has 3 aromatic rings. The van der Waals surface area contributed by atoms with Crippen molar-refractivity contribution in [2.45, 2.75) is 24.9 Å². The Bertz CT molecular complexity index is 1290. The number of hydrogen-bond acceptors (Lipinski definition) is 5. The van der Waals surface area contributed by atoms with Crippen LogP contribution in [0.1, 0.15) is 33.8 Å². The summed E-state index contributed by atoms with van der Waals surface area (Å²) >= 11 is 0. The van der Waals surface area contributed by atoms with Crippen LogP contribution >= 0.6 is 0 Å². The van der Waals surface area contributed by atoms with Gasteiger partial charge in [-0.25, -0.2) is 14.3 Å². The summed E-state index contributed by atoms with van der Waals surface area (Å²) in [4.78, 5) is 38.9. The van der Waals surface area contributed by atoms with E-state index in [1.165, 1.54) is 21.9 Å². The number of rotatable bonds is 7. The van der Waals surface area contributed by atoms with E-state index in [4.69, 9.17) is 4.74 Å². The number of anilines is 1. The van der Waals surface area contributed by atoms with Crippen LogP contribution < -0.4 is 10.2 Å². The normalized spacial score (nSPS) is 14.6. The predicted octanol–water partition coefficient (Wildman–Crippen LogP) is 3.41.